The lowest BCUT2D eigenvalue weighted by molar-refractivity contribution is -0.221. The SMILES string of the molecule is COC(=O)NC(C(=O)NC(Cc1ccc(C#Cc2ccc(N3CC4CCC(C3)N4C3COC3)nc2)cc1)C(O)CN(Cc1c(Cl)cc(-c2ccccn2)cc1Cl)NC(=O)C(NC(=O)O)C(C)(C)C(F)(F)F)C(C)(C)C(F)(F)F. The Morgan fingerprint density at radius 2 is 1.40 bits per heavy atom. The molecule has 3 aliphatic rings. The number of alkyl carbamates (subject to hydrolysis) is 1. The molecule has 0 aliphatic carbocycles. The summed E-state index contributed by atoms with van der Waals surface area (Å²) in [6, 6.07) is 13.0. The zero-order valence-electron chi connectivity index (χ0n) is 43.0. The summed E-state index contributed by atoms with van der Waals surface area (Å²) in [5, 5.41) is 28.4. The molecule has 0 radical (unpaired) electrons. The van der Waals surface area contributed by atoms with E-state index in [0.29, 0.717) is 73.8 Å². The molecule has 2 aromatic carbocycles. The smallest absolute Gasteiger partial charge is 0.407 e. The fourth-order valence-corrected chi connectivity index (χ4v) is 10.2. The van der Waals surface area contributed by atoms with Crippen LogP contribution < -0.4 is 26.3 Å². The molecule has 3 fully saturated rings. The number of benzene rings is 2. The predicted molar refractivity (Wildman–Crippen MR) is 276 cm³/mol. The molecule has 4 aromatic rings. The van der Waals surface area contributed by atoms with E-state index in [9.17, 15) is 55.7 Å². The molecule has 0 spiro atoms. The number of fused-ring (bicyclic) bond motifs is 2. The van der Waals surface area contributed by atoms with E-state index in [1.54, 1.807) is 54.0 Å². The maximum Gasteiger partial charge on any atom is 0.407 e. The first-order valence-electron chi connectivity index (χ1n) is 24.7. The summed E-state index contributed by atoms with van der Waals surface area (Å²) in [6.07, 6.45) is -10.5. The minimum Gasteiger partial charge on any atom is -0.465 e. The minimum atomic E-state index is -5.16. The lowest BCUT2D eigenvalue weighted by Crippen LogP contribution is -2.63. The molecule has 6 unspecified atom stereocenters. The van der Waals surface area contributed by atoms with E-state index in [4.69, 9.17) is 32.9 Å². The van der Waals surface area contributed by atoms with E-state index < -0.39 is 84.5 Å². The number of hydrogen-bond donors (Lipinski definition) is 6. The second-order valence-corrected chi connectivity index (χ2v) is 21.4. The molecule has 7 rings (SSSR count). The Morgan fingerprint density at radius 1 is 0.808 bits per heavy atom. The van der Waals surface area contributed by atoms with E-state index in [1.165, 1.54) is 18.3 Å². The van der Waals surface area contributed by atoms with Crippen LogP contribution in [-0.2, 0) is 32.0 Å². The highest BCUT2D eigenvalue weighted by molar-refractivity contribution is 6.36. The predicted octanol–water partition coefficient (Wildman–Crippen LogP) is 7.36. The van der Waals surface area contributed by atoms with Gasteiger partial charge in [-0.15, -0.1) is 0 Å². The Kier molecular flexibility index (Phi) is 18.5. The van der Waals surface area contributed by atoms with Crippen molar-refractivity contribution in [2.24, 2.45) is 10.8 Å². The lowest BCUT2D eigenvalue weighted by Gasteiger charge is -2.47. The number of halogens is 8. The number of alkyl halides is 6. The number of amides is 4. The van der Waals surface area contributed by atoms with Crippen LogP contribution in [0.4, 0.5) is 41.7 Å². The van der Waals surface area contributed by atoms with E-state index in [1.807, 2.05) is 17.4 Å². The summed E-state index contributed by atoms with van der Waals surface area (Å²) in [5.74, 6) is 4.01. The molecule has 420 valence electrons. The number of hydrazine groups is 1. The minimum absolute atomic E-state index is 0.0436. The molecular formula is C53H59Cl2F6N9O8. The van der Waals surface area contributed by atoms with Crippen LogP contribution in [0.15, 0.2) is 79.1 Å². The van der Waals surface area contributed by atoms with Crippen molar-refractivity contribution in [1.29, 1.82) is 0 Å². The summed E-state index contributed by atoms with van der Waals surface area (Å²) in [4.78, 5) is 66.2. The Bertz CT molecular complexity index is 2820. The average Bonchev–Trinajstić information content (AvgIpc) is 3.64. The van der Waals surface area contributed by atoms with Crippen LogP contribution in [-0.4, -0.2) is 149 Å². The molecule has 25 heteroatoms. The molecule has 4 amide bonds. The van der Waals surface area contributed by atoms with Gasteiger partial charge < -0.3 is 40.5 Å². The number of piperazine rings is 1. The summed E-state index contributed by atoms with van der Waals surface area (Å²) in [7, 11) is 0.872. The van der Waals surface area contributed by atoms with E-state index in [2.05, 4.69) is 42.1 Å². The largest absolute Gasteiger partial charge is 0.465 e. The molecule has 0 saturated carbocycles. The number of aromatic nitrogens is 2. The first-order chi connectivity index (χ1) is 36.7. The van der Waals surface area contributed by atoms with Gasteiger partial charge in [0.15, 0.2) is 0 Å². The molecule has 3 aliphatic heterocycles. The molecule has 78 heavy (non-hydrogen) atoms. The molecule has 6 atom stereocenters. The maximum atomic E-state index is 14.6. The topological polar surface area (TPSA) is 211 Å². The number of ether oxygens (including phenoxy) is 2. The quantitative estimate of drug-likeness (QED) is 0.0327. The standard InChI is InChI=1S/C53H59Cl2F6N9O8/c1-50(2,52(56,57)58)44(66-49(76)77-5)46(72)64-41(20-31-12-9-30(10-13-31)11-14-32-15-18-43(63-23-32)68-24-34-16-17-35(25-68)70(34)36-28-78-29-36)42(71)27-69(67-47(73)45(65-48(74)75)51(3,4)53(59,60)61)26-37-38(54)21-33(22-39(37)55)40-8-6-7-19-62-40/h6-10,12-13,15,18-19,21-23,34-36,41-42,44-45,65,71H,16-17,20,24-29H2,1-5H3,(H,64,72)(H,66,76)(H,67,73)(H,74,75). The Labute approximate surface area is 456 Å². The maximum absolute atomic E-state index is 14.6. The summed E-state index contributed by atoms with van der Waals surface area (Å²) >= 11 is 13.5. The van der Waals surface area contributed by atoms with Crippen molar-refractivity contribution in [2.45, 2.75) is 108 Å². The zero-order valence-corrected chi connectivity index (χ0v) is 44.5. The Morgan fingerprint density at radius 3 is 1.91 bits per heavy atom. The highest BCUT2D eigenvalue weighted by Crippen LogP contribution is 2.42. The number of aliphatic hydroxyl groups excluding tert-OH is 1. The molecule has 5 heterocycles. The third kappa shape index (κ3) is 13.9. The van der Waals surface area contributed by atoms with Crippen LogP contribution in [0.25, 0.3) is 11.3 Å². The van der Waals surface area contributed by atoms with Gasteiger partial charge >= 0.3 is 24.5 Å². The van der Waals surface area contributed by atoms with Crippen LogP contribution in [0.5, 0.6) is 0 Å². The number of nitrogens with one attached hydrogen (secondary N) is 4. The van der Waals surface area contributed by atoms with E-state index in [-0.39, 0.29) is 22.0 Å². The van der Waals surface area contributed by atoms with Crippen LogP contribution in [0.3, 0.4) is 0 Å². The summed E-state index contributed by atoms with van der Waals surface area (Å²) < 4.78 is 97.0. The van der Waals surface area contributed by atoms with Crippen molar-refractivity contribution in [3.05, 3.63) is 111 Å². The fraction of sp³-hybridized carbons (Fsp3) is 0.472. The van der Waals surface area contributed by atoms with Crippen molar-refractivity contribution in [1.82, 2.24) is 41.3 Å². The third-order valence-corrected chi connectivity index (χ3v) is 15.2. The van der Waals surface area contributed by atoms with Gasteiger partial charge in [-0.25, -0.2) is 19.6 Å². The summed E-state index contributed by atoms with van der Waals surface area (Å²) in [5.41, 5.74) is -1.28. The van der Waals surface area contributed by atoms with E-state index >= 15 is 0 Å². The monoisotopic (exact) mass is 1130 g/mol. The number of aliphatic hydroxyl groups is 1. The number of methoxy groups -OCH3 is 1. The molecule has 17 nitrogen and oxygen atoms in total. The lowest BCUT2D eigenvalue weighted by atomic mass is 9.82. The molecule has 2 aromatic heterocycles. The average molecular weight is 1140 g/mol. The van der Waals surface area contributed by atoms with Crippen molar-refractivity contribution >= 4 is 53.0 Å². The van der Waals surface area contributed by atoms with Gasteiger partial charge in [0.1, 0.15) is 17.9 Å². The number of anilines is 1. The molecule has 3 saturated heterocycles. The van der Waals surface area contributed by atoms with Gasteiger partial charge in [-0.05, 0) is 101 Å². The number of carboxylic acid groups (broad SMARTS) is 1. The fourth-order valence-electron chi connectivity index (χ4n) is 9.56. The first-order valence-corrected chi connectivity index (χ1v) is 25.5. The number of carbonyl (C=O) groups excluding carboxylic acids is 3. The normalized spacial score (nSPS) is 18.6. The van der Waals surface area contributed by atoms with Crippen LogP contribution >= 0.6 is 23.2 Å². The first kappa shape index (κ1) is 59.2. The molecule has 6 N–H and O–H groups in total. The van der Waals surface area contributed by atoms with Crippen molar-refractivity contribution in [3.63, 3.8) is 0 Å². The third-order valence-electron chi connectivity index (χ3n) is 14.5. The highest BCUT2D eigenvalue weighted by atomic mass is 35.5. The highest BCUT2D eigenvalue weighted by Gasteiger charge is 2.57. The van der Waals surface area contributed by atoms with Gasteiger partial charge in [0.05, 0.1) is 55.0 Å². The van der Waals surface area contributed by atoms with Gasteiger partial charge in [-0.3, -0.25) is 24.9 Å². The Hall–Kier alpha value is -6.42. The van der Waals surface area contributed by atoms with Crippen molar-refractivity contribution in [2.75, 3.05) is 44.9 Å². The van der Waals surface area contributed by atoms with E-state index in [0.717, 1.165) is 57.1 Å². The van der Waals surface area contributed by atoms with Gasteiger partial charge in [0, 0.05) is 83.0 Å². The van der Waals surface area contributed by atoms with Gasteiger partial charge in [-0.2, -0.15) is 26.3 Å². The van der Waals surface area contributed by atoms with Crippen LogP contribution in [0.1, 0.15) is 62.8 Å². The van der Waals surface area contributed by atoms with Gasteiger partial charge in [-0.1, -0.05) is 53.2 Å². The second kappa shape index (κ2) is 24.3. The van der Waals surface area contributed by atoms with Crippen molar-refractivity contribution < 1.29 is 65.2 Å². The number of nitrogens with zero attached hydrogens (tertiary/aromatic N) is 5. The molecule has 2 bridgehead atoms. The van der Waals surface area contributed by atoms with Gasteiger partial charge in [0.25, 0.3) is 5.91 Å². The number of pyridine rings is 2. The van der Waals surface area contributed by atoms with Crippen LogP contribution in [0, 0.1) is 22.7 Å². The number of carbonyl (C=O) groups is 4. The van der Waals surface area contributed by atoms with Crippen LogP contribution in [0.2, 0.25) is 10.0 Å². The summed E-state index contributed by atoms with van der Waals surface area (Å²) in [6.45, 7) is 4.35. The number of hydrogen-bond acceptors (Lipinski definition) is 12. The van der Waals surface area contributed by atoms with Crippen molar-refractivity contribution in [3.8, 4) is 23.1 Å². The molecular weight excluding hydrogens is 1080 g/mol. The second-order valence-electron chi connectivity index (χ2n) is 20.5. The Balaban J connectivity index is 1.17. The number of rotatable bonds is 18. The zero-order chi connectivity index (χ0) is 56.9. The van der Waals surface area contributed by atoms with Gasteiger partial charge in [0.2, 0.25) is 5.91 Å².